The number of nitrogens with two attached hydrogens (primary N) is 1. The second kappa shape index (κ2) is 10.6. The highest BCUT2D eigenvalue weighted by molar-refractivity contribution is 6.04. The number of hydrogen-bond acceptors (Lipinski definition) is 5. The molecule has 0 bridgehead atoms. The topological polar surface area (TPSA) is 93.9 Å². The number of ether oxygens (including phenoxy) is 2. The number of benzene rings is 3. The molecule has 1 heterocycles. The Morgan fingerprint density at radius 1 is 0.892 bits per heavy atom. The van der Waals surface area contributed by atoms with Gasteiger partial charge in [-0.3, -0.25) is 9.59 Å². The van der Waals surface area contributed by atoms with Gasteiger partial charge in [-0.05, 0) is 73.7 Å². The van der Waals surface area contributed by atoms with Gasteiger partial charge in [0.15, 0.2) is 11.5 Å². The SMILES string of the molecule is NC1CCC(N(Cc2cccc(NC(=O)c3cc(F)cc(F)c3)c2)C(=O)c2ccc3c(c2)OCO3)CC1. The van der Waals surface area contributed by atoms with Crippen LogP contribution in [0.3, 0.4) is 0 Å². The van der Waals surface area contributed by atoms with Gasteiger partial charge >= 0.3 is 0 Å². The van der Waals surface area contributed by atoms with Crippen molar-refractivity contribution in [3.05, 3.63) is 89.0 Å². The molecule has 1 saturated carbocycles. The predicted octanol–water partition coefficient (Wildman–Crippen LogP) is 4.86. The van der Waals surface area contributed by atoms with Crippen molar-refractivity contribution in [2.45, 2.75) is 44.3 Å². The van der Waals surface area contributed by atoms with Crippen LogP contribution >= 0.6 is 0 Å². The summed E-state index contributed by atoms with van der Waals surface area (Å²) in [6, 6.07) is 15.0. The van der Waals surface area contributed by atoms with Gasteiger partial charge in [0, 0.05) is 41.5 Å². The highest BCUT2D eigenvalue weighted by atomic mass is 19.1. The number of hydrogen-bond donors (Lipinski definition) is 2. The molecule has 0 spiro atoms. The molecule has 3 aromatic rings. The van der Waals surface area contributed by atoms with E-state index in [1.54, 1.807) is 36.4 Å². The maximum Gasteiger partial charge on any atom is 0.255 e. The number of rotatable bonds is 6. The fourth-order valence-corrected chi connectivity index (χ4v) is 4.81. The van der Waals surface area contributed by atoms with Crippen LogP contribution in [0.5, 0.6) is 11.5 Å². The van der Waals surface area contributed by atoms with E-state index in [0.717, 1.165) is 43.4 Å². The van der Waals surface area contributed by atoms with Crippen molar-refractivity contribution in [2.75, 3.05) is 12.1 Å². The van der Waals surface area contributed by atoms with Crippen LogP contribution in [-0.2, 0) is 6.54 Å². The van der Waals surface area contributed by atoms with Crippen LogP contribution in [0.15, 0.2) is 60.7 Å². The Morgan fingerprint density at radius 3 is 2.38 bits per heavy atom. The Labute approximate surface area is 213 Å². The molecule has 37 heavy (non-hydrogen) atoms. The molecule has 1 aliphatic carbocycles. The lowest BCUT2D eigenvalue weighted by Gasteiger charge is -2.36. The van der Waals surface area contributed by atoms with Gasteiger partial charge in [0.25, 0.3) is 11.8 Å². The first-order valence-electron chi connectivity index (χ1n) is 12.2. The summed E-state index contributed by atoms with van der Waals surface area (Å²) in [7, 11) is 0. The van der Waals surface area contributed by atoms with Gasteiger partial charge in [-0.1, -0.05) is 12.1 Å². The first-order chi connectivity index (χ1) is 17.9. The summed E-state index contributed by atoms with van der Waals surface area (Å²) in [4.78, 5) is 28.1. The zero-order valence-corrected chi connectivity index (χ0v) is 20.1. The average Bonchev–Trinajstić information content (AvgIpc) is 3.35. The fraction of sp³-hybridized carbons (Fsp3) is 0.286. The monoisotopic (exact) mass is 507 g/mol. The lowest BCUT2D eigenvalue weighted by Crippen LogP contribution is -2.43. The molecule has 1 aliphatic heterocycles. The Balaban J connectivity index is 1.37. The zero-order chi connectivity index (χ0) is 25.9. The summed E-state index contributed by atoms with van der Waals surface area (Å²) >= 11 is 0. The molecule has 9 heteroatoms. The van der Waals surface area contributed by atoms with E-state index in [4.69, 9.17) is 15.2 Å². The molecule has 7 nitrogen and oxygen atoms in total. The second-order valence-electron chi connectivity index (χ2n) is 9.38. The second-order valence-corrected chi connectivity index (χ2v) is 9.38. The molecule has 3 aromatic carbocycles. The number of halogens is 2. The van der Waals surface area contributed by atoms with Crippen molar-refractivity contribution in [1.82, 2.24) is 4.90 Å². The Bertz CT molecular complexity index is 1300. The minimum absolute atomic E-state index is 0.00578. The van der Waals surface area contributed by atoms with E-state index < -0.39 is 17.5 Å². The predicted molar refractivity (Wildman–Crippen MR) is 133 cm³/mol. The third-order valence-corrected chi connectivity index (χ3v) is 6.73. The van der Waals surface area contributed by atoms with Gasteiger partial charge in [0.2, 0.25) is 6.79 Å². The van der Waals surface area contributed by atoms with Gasteiger partial charge < -0.3 is 25.4 Å². The van der Waals surface area contributed by atoms with Crippen LogP contribution < -0.4 is 20.5 Å². The van der Waals surface area contributed by atoms with Crippen molar-refractivity contribution < 1.29 is 27.8 Å². The normalized spacial score (nSPS) is 18.4. The molecule has 5 rings (SSSR count). The molecule has 0 aromatic heterocycles. The van der Waals surface area contributed by atoms with Gasteiger partial charge in [0.1, 0.15) is 11.6 Å². The summed E-state index contributed by atoms with van der Waals surface area (Å²) in [6.45, 7) is 0.434. The molecule has 3 N–H and O–H groups in total. The molecule has 2 amide bonds. The van der Waals surface area contributed by atoms with Crippen LogP contribution in [0.25, 0.3) is 0 Å². The van der Waals surface area contributed by atoms with Crippen molar-refractivity contribution in [1.29, 1.82) is 0 Å². The Morgan fingerprint density at radius 2 is 1.62 bits per heavy atom. The molecular formula is C28H27F2N3O4. The quantitative estimate of drug-likeness (QED) is 0.497. The summed E-state index contributed by atoms with van der Waals surface area (Å²) in [5, 5.41) is 2.68. The minimum Gasteiger partial charge on any atom is -0.454 e. The zero-order valence-electron chi connectivity index (χ0n) is 20.1. The number of carbonyl (C=O) groups excluding carboxylic acids is 2. The summed E-state index contributed by atoms with van der Waals surface area (Å²) < 4.78 is 37.9. The molecular weight excluding hydrogens is 480 g/mol. The molecule has 192 valence electrons. The summed E-state index contributed by atoms with van der Waals surface area (Å²) in [6.07, 6.45) is 3.24. The molecule has 0 atom stereocenters. The maximum absolute atomic E-state index is 13.7. The number of amides is 2. The van der Waals surface area contributed by atoms with E-state index >= 15 is 0 Å². The van der Waals surface area contributed by atoms with Crippen molar-refractivity contribution in [3.8, 4) is 11.5 Å². The number of nitrogens with zero attached hydrogens (tertiary/aromatic N) is 1. The summed E-state index contributed by atoms with van der Waals surface area (Å²) in [5.41, 5.74) is 7.73. The standard InChI is InChI=1S/C28H27F2N3O4/c29-20-11-19(12-21(30)14-20)27(34)32-23-3-1-2-17(10-23)15-33(24-7-5-22(31)6-8-24)28(35)18-4-9-25-26(13-18)37-16-36-25/h1-4,9-14,22,24H,5-8,15-16,31H2,(H,32,34). The third-order valence-electron chi connectivity index (χ3n) is 6.73. The molecule has 0 radical (unpaired) electrons. The van der Waals surface area contributed by atoms with Crippen LogP contribution in [0, 0.1) is 11.6 Å². The fourth-order valence-electron chi connectivity index (χ4n) is 4.81. The number of carbonyl (C=O) groups is 2. The van der Waals surface area contributed by atoms with E-state index in [1.165, 1.54) is 0 Å². The summed E-state index contributed by atoms with van der Waals surface area (Å²) in [5.74, 6) is -1.29. The third kappa shape index (κ3) is 5.72. The van der Waals surface area contributed by atoms with E-state index in [-0.39, 0.29) is 30.3 Å². The molecule has 2 aliphatic rings. The molecule has 0 unspecified atom stereocenters. The van der Waals surface area contributed by atoms with Gasteiger partial charge in [-0.15, -0.1) is 0 Å². The van der Waals surface area contributed by atoms with Crippen molar-refractivity contribution in [3.63, 3.8) is 0 Å². The Hall–Kier alpha value is -3.98. The maximum atomic E-state index is 13.7. The van der Waals surface area contributed by atoms with Crippen LogP contribution in [0.2, 0.25) is 0 Å². The lowest BCUT2D eigenvalue weighted by molar-refractivity contribution is 0.0606. The lowest BCUT2D eigenvalue weighted by atomic mass is 9.90. The number of nitrogens with one attached hydrogen (secondary N) is 1. The van der Waals surface area contributed by atoms with Crippen LogP contribution in [0.4, 0.5) is 14.5 Å². The van der Waals surface area contributed by atoms with Gasteiger partial charge in [-0.25, -0.2) is 8.78 Å². The first-order valence-corrected chi connectivity index (χ1v) is 12.2. The minimum atomic E-state index is -0.830. The van der Waals surface area contributed by atoms with Gasteiger partial charge in [0.05, 0.1) is 0 Å². The van der Waals surface area contributed by atoms with Gasteiger partial charge in [-0.2, -0.15) is 0 Å². The van der Waals surface area contributed by atoms with Crippen molar-refractivity contribution >= 4 is 17.5 Å². The highest BCUT2D eigenvalue weighted by Crippen LogP contribution is 2.34. The van der Waals surface area contributed by atoms with E-state index in [2.05, 4.69) is 5.32 Å². The Kier molecular flexibility index (Phi) is 7.05. The number of fused-ring (bicyclic) bond motifs is 1. The molecule has 0 saturated heterocycles. The van der Waals surface area contributed by atoms with Crippen molar-refractivity contribution in [2.24, 2.45) is 5.73 Å². The van der Waals surface area contributed by atoms with E-state index in [9.17, 15) is 18.4 Å². The average molecular weight is 508 g/mol. The van der Waals surface area contributed by atoms with Crippen LogP contribution in [-0.4, -0.2) is 35.6 Å². The number of anilines is 1. The first kappa shape index (κ1) is 24.7. The van der Waals surface area contributed by atoms with Crippen LogP contribution in [0.1, 0.15) is 52.0 Å². The molecule has 1 fully saturated rings. The highest BCUT2D eigenvalue weighted by Gasteiger charge is 2.29. The largest absolute Gasteiger partial charge is 0.454 e. The smallest absolute Gasteiger partial charge is 0.255 e. The van der Waals surface area contributed by atoms with E-state index in [0.29, 0.717) is 35.4 Å². The van der Waals surface area contributed by atoms with E-state index in [1.807, 2.05) is 11.0 Å².